The van der Waals surface area contributed by atoms with Crippen molar-refractivity contribution < 1.29 is 44.6 Å². The van der Waals surface area contributed by atoms with E-state index in [9.17, 15) is 9.90 Å². The zero-order valence-corrected chi connectivity index (χ0v) is 6.63. The van der Waals surface area contributed by atoms with Crippen LogP contribution in [-0.4, -0.2) is 17.7 Å². The van der Waals surface area contributed by atoms with Crippen LogP contribution in [0.5, 0.6) is 0 Å². The number of aliphatic hydroxyl groups excluding tert-OH is 1. The third kappa shape index (κ3) is 9.48. The van der Waals surface area contributed by atoms with E-state index in [-0.39, 0.29) is 36.2 Å². The molecule has 3 nitrogen and oxygen atoms in total. The van der Waals surface area contributed by atoms with Crippen molar-refractivity contribution in [3.63, 3.8) is 0 Å². The van der Waals surface area contributed by atoms with Gasteiger partial charge < -0.3 is 15.0 Å². The summed E-state index contributed by atoms with van der Waals surface area (Å²) in [7, 11) is 0. The minimum atomic E-state index is -1.28. The smallest absolute Gasteiger partial charge is 0.545 e. The van der Waals surface area contributed by atoms with Crippen LogP contribution in [0, 0.1) is 0 Å². The zero-order valence-electron chi connectivity index (χ0n) is 4.63. The summed E-state index contributed by atoms with van der Waals surface area (Å²) in [5.41, 5.74) is 0. The maximum absolute atomic E-state index is 9.45. The summed E-state index contributed by atoms with van der Waals surface area (Å²) in [6, 6.07) is 0. The number of carbonyl (C=O) groups is 1. The third-order valence-corrected chi connectivity index (χ3v) is 0.359. The first-order valence-corrected chi connectivity index (χ1v) is 1.75. The van der Waals surface area contributed by atoms with Crippen molar-refractivity contribution in [2.45, 2.75) is 0 Å². The van der Waals surface area contributed by atoms with Crippen molar-refractivity contribution in [1.82, 2.24) is 0 Å². The Morgan fingerprint density at radius 3 is 2.38 bits per heavy atom. The summed E-state index contributed by atoms with van der Waals surface area (Å²) in [5.74, 6) is -1.28. The summed E-state index contributed by atoms with van der Waals surface area (Å²) in [4.78, 5) is 9.45. The minimum absolute atomic E-state index is 0. The van der Waals surface area contributed by atoms with Gasteiger partial charge in [0.1, 0.15) is 0 Å². The second-order valence-electron chi connectivity index (χ2n) is 0.904. The van der Waals surface area contributed by atoms with Gasteiger partial charge in [0.15, 0.2) is 0 Å². The molecule has 0 aliphatic rings. The van der Waals surface area contributed by atoms with E-state index in [4.69, 9.17) is 5.11 Å². The van der Waals surface area contributed by atoms with Crippen molar-refractivity contribution in [3.8, 4) is 0 Å². The van der Waals surface area contributed by atoms with Gasteiger partial charge in [0.2, 0.25) is 0 Å². The van der Waals surface area contributed by atoms with Crippen LogP contribution in [0.4, 0.5) is 0 Å². The standard InChI is InChI=1S/C4H6O3.Na/c5-3-1-2-4(6)7;/h1-2,5H,3H2,(H,6,7);/q;+1/p-1/b2-1+;. The fraction of sp³-hybridized carbons (Fsp3) is 0.250. The summed E-state index contributed by atoms with van der Waals surface area (Å²) in [5, 5.41) is 17.4. The molecule has 0 spiro atoms. The van der Waals surface area contributed by atoms with E-state index >= 15 is 0 Å². The summed E-state index contributed by atoms with van der Waals surface area (Å²) in [6.45, 7) is -0.256. The first-order valence-electron chi connectivity index (χ1n) is 1.75. The number of carbonyl (C=O) groups excluding carboxylic acids is 1. The Bertz CT molecular complexity index is 89.3. The molecule has 0 fully saturated rings. The number of rotatable bonds is 2. The molecule has 4 heteroatoms. The van der Waals surface area contributed by atoms with Crippen LogP contribution in [-0.2, 0) is 4.79 Å². The van der Waals surface area contributed by atoms with Gasteiger partial charge in [0.05, 0.1) is 12.6 Å². The second-order valence-corrected chi connectivity index (χ2v) is 0.904. The Morgan fingerprint density at radius 2 is 2.25 bits per heavy atom. The summed E-state index contributed by atoms with van der Waals surface area (Å²) < 4.78 is 0. The van der Waals surface area contributed by atoms with Gasteiger partial charge in [-0.1, -0.05) is 6.08 Å². The Hall–Kier alpha value is 0.170. The molecule has 1 N–H and O–H groups in total. The van der Waals surface area contributed by atoms with Crippen molar-refractivity contribution in [2.24, 2.45) is 0 Å². The summed E-state index contributed by atoms with van der Waals surface area (Å²) >= 11 is 0. The minimum Gasteiger partial charge on any atom is -0.545 e. The van der Waals surface area contributed by atoms with Crippen LogP contribution in [0.15, 0.2) is 12.2 Å². The fourth-order valence-corrected chi connectivity index (χ4v) is 0.149. The molecule has 0 heterocycles. The fourth-order valence-electron chi connectivity index (χ4n) is 0.149. The number of hydrogen-bond acceptors (Lipinski definition) is 3. The number of carboxylic acid groups (broad SMARTS) is 1. The maximum Gasteiger partial charge on any atom is 1.00 e. The molecular weight excluding hydrogens is 119 g/mol. The predicted molar refractivity (Wildman–Crippen MR) is 21.2 cm³/mol. The molecule has 0 aromatic heterocycles. The molecular formula is C4H5NaO3. The van der Waals surface area contributed by atoms with Crippen molar-refractivity contribution >= 4 is 5.97 Å². The van der Waals surface area contributed by atoms with Crippen LogP contribution >= 0.6 is 0 Å². The molecule has 0 atom stereocenters. The topological polar surface area (TPSA) is 60.4 Å². The molecule has 0 unspecified atom stereocenters. The van der Waals surface area contributed by atoms with Crippen LogP contribution in [0.3, 0.4) is 0 Å². The van der Waals surface area contributed by atoms with Gasteiger partial charge in [-0.3, -0.25) is 0 Å². The molecule has 0 radical (unpaired) electrons. The van der Waals surface area contributed by atoms with Gasteiger partial charge in [-0.15, -0.1) is 0 Å². The molecule has 0 bridgehead atoms. The maximum atomic E-state index is 9.45. The SMILES string of the molecule is O=C([O-])/C=C/CO.[Na+]. The van der Waals surface area contributed by atoms with E-state index in [0.29, 0.717) is 0 Å². The van der Waals surface area contributed by atoms with E-state index in [1.54, 1.807) is 0 Å². The second kappa shape index (κ2) is 7.17. The van der Waals surface area contributed by atoms with Crippen LogP contribution in [0.1, 0.15) is 0 Å². The van der Waals surface area contributed by atoms with E-state index in [1.165, 1.54) is 0 Å². The number of hydrogen-bond donors (Lipinski definition) is 1. The first-order chi connectivity index (χ1) is 3.27. The van der Waals surface area contributed by atoms with E-state index in [2.05, 4.69) is 0 Å². The van der Waals surface area contributed by atoms with Gasteiger partial charge >= 0.3 is 29.6 Å². The molecule has 40 valence electrons. The number of carboxylic acids is 1. The van der Waals surface area contributed by atoms with Gasteiger partial charge in [-0.2, -0.15) is 0 Å². The Morgan fingerprint density at radius 1 is 1.75 bits per heavy atom. The van der Waals surface area contributed by atoms with Gasteiger partial charge in [-0.25, -0.2) is 0 Å². The van der Waals surface area contributed by atoms with E-state index < -0.39 is 5.97 Å². The van der Waals surface area contributed by atoms with Gasteiger partial charge in [0, 0.05) is 0 Å². The van der Waals surface area contributed by atoms with Crippen molar-refractivity contribution in [2.75, 3.05) is 6.61 Å². The Labute approximate surface area is 69.3 Å². The third-order valence-electron chi connectivity index (χ3n) is 0.359. The van der Waals surface area contributed by atoms with Crippen LogP contribution < -0.4 is 34.7 Å². The van der Waals surface area contributed by atoms with Crippen molar-refractivity contribution in [1.29, 1.82) is 0 Å². The van der Waals surface area contributed by atoms with E-state index in [1.807, 2.05) is 0 Å². The normalized spacial score (nSPS) is 8.62. The molecule has 0 rings (SSSR count). The first kappa shape index (κ1) is 11.0. The van der Waals surface area contributed by atoms with Crippen molar-refractivity contribution in [3.05, 3.63) is 12.2 Å². The van der Waals surface area contributed by atoms with Gasteiger partial charge in [-0.05, 0) is 6.08 Å². The molecule has 0 aliphatic heterocycles. The zero-order chi connectivity index (χ0) is 5.70. The molecule has 0 aromatic carbocycles. The molecule has 0 saturated carbocycles. The number of aliphatic hydroxyl groups is 1. The monoisotopic (exact) mass is 124 g/mol. The van der Waals surface area contributed by atoms with Crippen LogP contribution in [0.2, 0.25) is 0 Å². The van der Waals surface area contributed by atoms with E-state index in [0.717, 1.165) is 12.2 Å². The Balaban J connectivity index is 0. The predicted octanol–water partition coefficient (Wildman–Crippen LogP) is -4.71. The molecule has 0 aliphatic carbocycles. The largest absolute Gasteiger partial charge is 1.00 e. The average molecular weight is 124 g/mol. The Kier molecular flexibility index (Phi) is 9.89. The van der Waals surface area contributed by atoms with Gasteiger partial charge in [0.25, 0.3) is 0 Å². The number of aliphatic carboxylic acids is 1. The molecule has 0 saturated heterocycles. The molecule has 0 aromatic rings. The molecule has 0 amide bonds. The summed E-state index contributed by atoms with van der Waals surface area (Å²) in [6.07, 6.45) is 1.87. The average Bonchev–Trinajstić information content (AvgIpc) is 1.61. The molecule has 8 heavy (non-hydrogen) atoms. The van der Waals surface area contributed by atoms with Crippen LogP contribution in [0.25, 0.3) is 0 Å². The quantitative estimate of drug-likeness (QED) is 0.297.